The number of non-ortho nitro benzene ring substituents is 1. The Morgan fingerprint density at radius 3 is 2.65 bits per heavy atom. The Morgan fingerprint density at radius 1 is 1.15 bits per heavy atom. The van der Waals surface area contributed by atoms with Gasteiger partial charge in [-0.05, 0) is 49.7 Å². The average molecular weight is 495 g/mol. The first kappa shape index (κ1) is 23.5. The molecule has 0 aliphatic carbocycles. The molecule has 3 aromatic carbocycles. The minimum absolute atomic E-state index is 0.126. The van der Waals surface area contributed by atoms with E-state index < -0.39 is 10.2 Å². The molecule has 0 aliphatic rings. The molecule has 4 aromatic rings. The number of nitro benzene ring substituents is 1. The van der Waals surface area contributed by atoms with E-state index in [4.69, 9.17) is 11.6 Å². The number of anilines is 1. The van der Waals surface area contributed by atoms with Crippen LogP contribution in [0.1, 0.15) is 12.5 Å². The van der Waals surface area contributed by atoms with Crippen LogP contribution in [0.3, 0.4) is 0 Å². The number of aryl methyl sites for hydroxylation is 1. The first-order valence-corrected chi connectivity index (χ1v) is 11.5. The van der Waals surface area contributed by atoms with Crippen molar-refractivity contribution in [2.24, 2.45) is 0 Å². The fourth-order valence-electron chi connectivity index (χ4n) is 3.29. The van der Waals surface area contributed by atoms with Gasteiger partial charge in [-0.3, -0.25) is 24.3 Å². The molecule has 4 rings (SSSR count). The second-order valence-corrected chi connectivity index (χ2v) is 9.26. The Kier molecular flexibility index (Phi) is 6.67. The van der Waals surface area contributed by atoms with Crippen molar-refractivity contribution < 1.29 is 9.72 Å². The van der Waals surface area contributed by atoms with Crippen LogP contribution in [-0.4, -0.2) is 25.6 Å². The van der Waals surface area contributed by atoms with Crippen molar-refractivity contribution in [1.82, 2.24) is 9.55 Å². The fourth-order valence-corrected chi connectivity index (χ4v) is 4.39. The van der Waals surface area contributed by atoms with Gasteiger partial charge in [-0.15, -0.1) is 0 Å². The van der Waals surface area contributed by atoms with Crippen LogP contribution in [0, 0.1) is 17.0 Å². The highest BCUT2D eigenvalue weighted by Crippen LogP contribution is 2.28. The minimum atomic E-state index is -0.667. The predicted octanol–water partition coefficient (Wildman–Crippen LogP) is 5.38. The van der Waals surface area contributed by atoms with E-state index in [0.29, 0.717) is 32.5 Å². The molecule has 1 atom stereocenters. The summed E-state index contributed by atoms with van der Waals surface area (Å²) in [6.07, 6.45) is 0. The van der Waals surface area contributed by atoms with Crippen LogP contribution in [0.15, 0.2) is 76.7 Å². The van der Waals surface area contributed by atoms with Gasteiger partial charge < -0.3 is 5.32 Å². The van der Waals surface area contributed by atoms with Gasteiger partial charge in [-0.1, -0.05) is 47.6 Å². The highest BCUT2D eigenvalue weighted by molar-refractivity contribution is 8.00. The highest BCUT2D eigenvalue weighted by Gasteiger charge is 2.21. The average Bonchev–Trinajstić information content (AvgIpc) is 2.81. The van der Waals surface area contributed by atoms with E-state index in [1.165, 1.54) is 22.8 Å². The van der Waals surface area contributed by atoms with Crippen molar-refractivity contribution in [1.29, 1.82) is 0 Å². The third kappa shape index (κ3) is 4.80. The van der Waals surface area contributed by atoms with Gasteiger partial charge >= 0.3 is 0 Å². The summed E-state index contributed by atoms with van der Waals surface area (Å²) in [4.78, 5) is 41.4. The molecule has 1 aromatic heterocycles. The van der Waals surface area contributed by atoms with E-state index in [1.54, 1.807) is 49.4 Å². The lowest BCUT2D eigenvalue weighted by Gasteiger charge is -2.17. The normalized spacial score (nSPS) is 11.9. The van der Waals surface area contributed by atoms with Gasteiger partial charge in [-0.25, -0.2) is 4.98 Å². The molecule has 10 heteroatoms. The lowest BCUT2D eigenvalue weighted by atomic mass is 10.2. The molecule has 8 nitrogen and oxygen atoms in total. The molecule has 0 aliphatic heterocycles. The van der Waals surface area contributed by atoms with Crippen LogP contribution in [0.4, 0.5) is 11.4 Å². The number of amides is 1. The van der Waals surface area contributed by atoms with Gasteiger partial charge in [0.1, 0.15) is 0 Å². The molecule has 172 valence electrons. The predicted molar refractivity (Wildman–Crippen MR) is 134 cm³/mol. The highest BCUT2D eigenvalue weighted by atomic mass is 35.5. The van der Waals surface area contributed by atoms with E-state index in [2.05, 4.69) is 10.3 Å². The molecule has 0 radical (unpaired) electrons. The maximum Gasteiger partial charge on any atom is 0.271 e. The number of halogens is 1. The zero-order chi connectivity index (χ0) is 24.4. The Balaban J connectivity index is 1.71. The second kappa shape index (κ2) is 9.66. The smallest absolute Gasteiger partial charge is 0.271 e. The van der Waals surface area contributed by atoms with E-state index in [9.17, 15) is 19.7 Å². The summed E-state index contributed by atoms with van der Waals surface area (Å²) >= 11 is 7.42. The summed E-state index contributed by atoms with van der Waals surface area (Å²) < 4.78 is 1.44. The Labute approximate surface area is 203 Å². The number of para-hydroxylation sites is 1. The molecular weight excluding hydrogens is 476 g/mol. The zero-order valence-corrected chi connectivity index (χ0v) is 19.8. The molecule has 1 heterocycles. The van der Waals surface area contributed by atoms with Gasteiger partial charge in [0.2, 0.25) is 5.91 Å². The number of hydrogen-bond acceptors (Lipinski definition) is 6. The molecule has 1 amide bonds. The molecular formula is C24H19ClN4O4S. The molecule has 0 saturated heterocycles. The molecule has 1 N–H and O–H groups in total. The topological polar surface area (TPSA) is 107 Å². The summed E-state index contributed by atoms with van der Waals surface area (Å²) in [5.74, 6) is -0.388. The molecule has 0 spiro atoms. The number of nitrogens with one attached hydrogen (secondary N) is 1. The van der Waals surface area contributed by atoms with Crippen LogP contribution in [0.2, 0.25) is 5.02 Å². The third-order valence-electron chi connectivity index (χ3n) is 5.13. The number of hydrogen-bond donors (Lipinski definition) is 1. The quantitative estimate of drug-likeness (QED) is 0.167. The maximum absolute atomic E-state index is 13.4. The summed E-state index contributed by atoms with van der Waals surface area (Å²) in [7, 11) is 0. The number of benzene rings is 3. The van der Waals surface area contributed by atoms with E-state index in [0.717, 1.165) is 17.3 Å². The van der Waals surface area contributed by atoms with Crippen molar-refractivity contribution in [3.05, 3.63) is 97.8 Å². The summed E-state index contributed by atoms with van der Waals surface area (Å²) in [6, 6.07) is 18.0. The van der Waals surface area contributed by atoms with Crippen molar-refractivity contribution >= 4 is 51.5 Å². The molecule has 0 bridgehead atoms. The molecule has 0 fully saturated rings. The minimum Gasteiger partial charge on any atom is -0.325 e. The van der Waals surface area contributed by atoms with Crippen molar-refractivity contribution in [3.63, 3.8) is 0 Å². The fraction of sp³-hybridized carbons (Fsp3) is 0.125. The van der Waals surface area contributed by atoms with E-state index >= 15 is 0 Å². The number of carbonyl (C=O) groups is 1. The Bertz CT molecular complexity index is 1490. The van der Waals surface area contributed by atoms with Gasteiger partial charge in [0.15, 0.2) is 5.16 Å². The lowest BCUT2D eigenvalue weighted by molar-refractivity contribution is -0.384. The van der Waals surface area contributed by atoms with Crippen molar-refractivity contribution in [2.75, 3.05) is 5.32 Å². The number of thioether (sulfide) groups is 1. The maximum atomic E-state index is 13.4. The van der Waals surface area contributed by atoms with Crippen LogP contribution >= 0.6 is 23.4 Å². The first-order valence-electron chi connectivity index (χ1n) is 10.2. The lowest BCUT2D eigenvalue weighted by Crippen LogP contribution is -2.26. The summed E-state index contributed by atoms with van der Waals surface area (Å²) in [5, 5.41) is 14.3. The number of fused-ring (bicyclic) bond motifs is 1. The van der Waals surface area contributed by atoms with Gasteiger partial charge in [-0.2, -0.15) is 0 Å². The zero-order valence-electron chi connectivity index (χ0n) is 18.2. The van der Waals surface area contributed by atoms with Crippen LogP contribution in [-0.2, 0) is 4.79 Å². The molecule has 34 heavy (non-hydrogen) atoms. The number of rotatable bonds is 6. The van der Waals surface area contributed by atoms with Crippen molar-refractivity contribution in [3.8, 4) is 5.69 Å². The van der Waals surface area contributed by atoms with Gasteiger partial charge in [0, 0.05) is 22.8 Å². The number of aromatic nitrogens is 2. The number of nitro groups is 1. The summed E-state index contributed by atoms with van der Waals surface area (Å²) in [6.45, 7) is 3.54. The Morgan fingerprint density at radius 2 is 1.91 bits per heavy atom. The number of nitrogens with zero attached hydrogens (tertiary/aromatic N) is 3. The summed E-state index contributed by atoms with van der Waals surface area (Å²) in [5.41, 5.74) is 1.81. The first-order chi connectivity index (χ1) is 16.2. The van der Waals surface area contributed by atoms with Gasteiger partial charge in [0.05, 0.1) is 26.8 Å². The van der Waals surface area contributed by atoms with Crippen LogP contribution < -0.4 is 10.9 Å². The SMILES string of the molecule is Cc1ccc(-n2c(SC(C)C(=O)Nc3cccc([N+](=O)[O-])c3)nc3ccccc3c2=O)cc1Cl. The molecule has 0 saturated carbocycles. The molecule has 1 unspecified atom stereocenters. The Hall–Kier alpha value is -3.69. The number of carbonyl (C=O) groups excluding carboxylic acids is 1. The van der Waals surface area contributed by atoms with Crippen molar-refractivity contribution in [2.45, 2.75) is 24.3 Å². The third-order valence-corrected chi connectivity index (χ3v) is 6.59. The standard InChI is InChI=1S/C24H19ClN4O4S/c1-14-10-11-17(13-20(14)25)28-23(31)19-8-3-4-9-21(19)27-24(28)34-15(2)22(30)26-16-6-5-7-18(12-16)29(32)33/h3-13,15H,1-2H3,(H,26,30). The second-order valence-electron chi connectivity index (χ2n) is 7.54. The van der Waals surface area contributed by atoms with E-state index in [1.807, 2.05) is 13.0 Å². The van der Waals surface area contributed by atoms with Crippen LogP contribution in [0.25, 0.3) is 16.6 Å². The van der Waals surface area contributed by atoms with Gasteiger partial charge in [0.25, 0.3) is 11.2 Å². The van der Waals surface area contributed by atoms with E-state index in [-0.39, 0.29) is 17.2 Å². The van der Waals surface area contributed by atoms with Crippen LogP contribution in [0.5, 0.6) is 0 Å². The monoisotopic (exact) mass is 494 g/mol. The largest absolute Gasteiger partial charge is 0.325 e.